The SMILES string of the molecule is COc1cc(-c2ccncc2)c(OC)cc1Nc1nc(N)n(-c2ccccn2)n1. The highest BCUT2D eigenvalue weighted by Crippen LogP contribution is 2.39. The van der Waals surface area contributed by atoms with Gasteiger partial charge in [0.2, 0.25) is 11.9 Å². The Morgan fingerprint density at radius 3 is 2.45 bits per heavy atom. The molecule has 29 heavy (non-hydrogen) atoms. The molecule has 146 valence electrons. The lowest BCUT2D eigenvalue weighted by atomic mass is 10.0. The van der Waals surface area contributed by atoms with Gasteiger partial charge in [0.05, 0.1) is 19.9 Å². The van der Waals surface area contributed by atoms with Crippen LogP contribution in [-0.4, -0.2) is 39.0 Å². The van der Waals surface area contributed by atoms with E-state index < -0.39 is 0 Å². The van der Waals surface area contributed by atoms with Crippen molar-refractivity contribution in [2.45, 2.75) is 0 Å². The van der Waals surface area contributed by atoms with E-state index in [0.717, 1.165) is 11.1 Å². The summed E-state index contributed by atoms with van der Waals surface area (Å²) in [5, 5.41) is 7.53. The van der Waals surface area contributed by atoms with Gasteiger partial charge in [-0.15, -0.1) is 5.10 Å². The number of rotatable bonds is 6. The number of nitrogen functional groups attached to an aromatic ring is 1. The molecule has 0 radical (unpaired) electrons. The van der Waals surface area contributed by atoms with Gasteiger partial charge in [-0.3, -0.25) is 4.98 Å². The van der Waals surface area contributed by atoms with Crippen LogP contribution in [0.15, 0.2) is 61.1 Å². The van der Waals surface area contributed by atoms with Crippen LogP contribution in [0.4, 0.5) is 17.6 Å². The van der Waals surface area contributed by atoms with Gasteiger partial charge in [-0.2, -0.15) is 9.67 Å². The second-order valence-corrected chi connectivity index (χ2v) is 6.01. The molecule has 4 rings (SSSR count). The monoisotopic (exact) mass is 389 g/mol. The first-order valence-electron chi connectivity index (χ1n) is 8.77. The van der Waals surface area contributed by atoms with Crippen molar-refractivity contribution < 1.29 is 9.47 Å². The van der Waals surface area contributed by atoms with Crippen LogP contribution in [0.1, 0.15) is 0 Å². The van der Waals surface area contributed by atoms with Crippen LogP contribution in [0.3, 0.4) is 0 Å². The van der Waals surface area contributed by atoms with E-state index in [1.165, 1.54) is 4.68 Å². The van der Waals surface area contributed by atoms with Gasteiger partial charge in [0.15, 0.2) is 5.82 Å². The lowest BCUT2D eigenvalue weighted by Gasteiger charge is -2.15. The molecular formula is C20H19N7O2. The maximum absolute atomic E-state index is 6.00. The zero-order valence-corrected chi connectivity index (χ0v) is 15.9. The fourth-order valence-electron chi connectivity index (χ4n) is 2.90. The quantitative estimate of drug-likeness (QED) is 0.517. The first kappa shape index (κ1) is 18.2. The number of anilines is 3. The largest absolute Gasteiger partial charge is 0.496 e. The van der Waals surface area contributed by atoms with E-state index in [9.17, 15) is 0 Å². The number of hydrogen-bond acceptors (Lipinski definition) is 8. The smallest absolute Gasteiger partial charge is 0.249 e. The summed E-state index contributed by atoms with van der Waals surface area (Å²) in [6, 6.07) is 13.0. The number of benzene rings is 1. The van der Waals surface area contributed by atoms with Crippen molar-refractivity contribution in [3.8, 4) is 28.4 Å². The highest BCUT2D eigenvalue weighted by atomic mass is 16.5. The number of pyridine rings is 2. The number of aromatic nitrogens is 5. The number of ether oxygens (including phenoxy) is 2. The molecule has 0 amide bonds. The van der Waals surface area contributed by atoms with Gasteiger partial charge >= 0.3 is 0 Å². The summed E-state index contributed by atoms with van der Waals surface area (Å²) in [5.74, 6) is 2.36. The van der Waals surface area contributed by atoms with Crippen LogP contribution in [0, 0.1) is 0 Å². The van der Waals surface area contributed by atoms with E-state index in [1.807, 2.05) is 36.4 Å². The van der Waals surface area contributed by atoms with Crippen molar-refractivity contribution in [1.82, 2.24) is 24.7 Å². The number of nitrogens with one attached hydrogen (secondary N) is 1. The molecule has 9 heteroatoms. The fourth-order valence-corrected chi connectivity index (χ4v) is 2.90. The highest BCUT2D eigenvalue weighted by molar-refractivity contribution is 5.78. The summed E-state index contributed by atoms with van der Waals surface area (Å²) in [5.41, 5.74) is 8.48. The third-order valence-corrected chi connectivity index (χ3v) is 4.26. The number of nitrogens with zero attached hydrogens (tertiary/aromatic N) is 5. The number of hydrogen-bond donors (Lipinski definition) is 2. The highest BCUT2D eigenvalue weighted by Gasteiger charge is 2.16. The minimum atomic E-state index is 0.213. The molecule has 0 unspecified atom stereocenters. The Labute approximate surface area is 167 Å². The van der Waals surface area contributed by atoms with Crippen molar-refractivity contribution >= 4 is 17.6 Å². The van der Waals surface area contributed by atoms with Crippen molar-refractivity contribution in [2.24, 2.45) is 0 Å². The van der Waals surface area contributed by atoms with Gasteiger partial charge in [-0.25, -0.2) is 4.98 Å². The van der Waals surface area contributed by atoms with E-state index in [4.69, 9.17) is 15.2 Å². The summed E-state index contributed by atoms with van der Waals surface area (Å²) >= 11 is 0. The molecule has 0 atom stereocenters. The Morgan fingerprint density at radius 1 is 0.966 bits per heavy atom. The van der Waals surface area contributed by atoms with Crippen molar-refractivity contribution in [1.29, 1.82) is 0 Å². The van der Waals surface area contributed by atoms with E-state index in [2.05, 4.69) is 25.4 Å². The van der Waals surface area contributed by atoms with Crippen LogP contribution in [0.25, 0.3) is 16.9 Å². The molecule has 0 saturated carbocycles. The molecule has 3 aromatic heterocycles. The first-order chi connectivity index (χ1) is 14.2. The van der Waals surface area contributed by atoms with Gasteiger partial charge < -0.3 is 20.5 Å². The minimum Gasteiger partial charge on any atom is -0.496 e. The predicted octanol–water partition coefficient (Wildman–Crippen LogP) is 3.07. The summed E-state index contributed by atoms with van der Waals surface area (Å²) < 4.78 is 12.6. The summed E-state index contributed by atoms with van der Waals surface area (Å²) in [6.07, 6.45) is 5.12. The van der Waals surface area contributed by atoms with E-state index in [1.54, 1.807) is 38.9 Å². The van der Waals surface area contributed by atoms with E-state index in [0.29, 0.717) is 29.0 Å². The molecule has 3 heterocycles. The van der Waals surface area contributed by atoms with Gasteiger partial charge in [0.1, 0.15) is 11.5 Å². The molecule has 1 aromatic carbocycles. The molecule has 0 aliphatic carbocycles. The minimum absolute atomic E-state index is 0.213. The maximum Gasteiger partial charge on any atom is 0.249 e. The average Bonchev–Trinajstić information content (AvgIpc) is 3.14. The molecule has 0 fully saturated rings. The van der Waals surface area contributed by atoms with E-state index in [-0.39, 0.29) is 5.95 Å². The first-order valence-corrected chi connectivity index (χ1v) is 8.77. The summed E-state index contributed by atoms with van der Waals surface area (Å²) in [7, 11) is 3.21. The van der Waals surface area contributed by atoms with Crippen LogP contribution in [0.5, 0.6) is 11.5 Å². The standard InChI is InChI=1S/C20H19N7O2/c1-28-16-12-15(17(29-2)11-14(16)13-6-9-22-10-7-13)24-20-25-19(21)27(26-20)18-5-3-4-8-23-18/h3-12H,1-2H3,(H3,21,24,25,26). The summed E-state index contributed by atoms with van der Waals surface area (Å²) in [4.78, 5) is 12.6. The third-order valence-electron chi connectivity index (χ3n) is 4.26. The van der Waals surface area contributed by atoms with Crippen LogP contribution in [0.2, 0.25) is 0 Å². The molecular weight excluding hydrogens is 370 g/mol. The van der Waals surface area contributed by atoms with Gasteiger partial charge in [-0.1, -0.05) is 6.07 Å². The predicted molar refractivity (Wildman–Crippen MR) is 110 cm³/mol. The number of nitrogens with two attached hydrogens (primary N) is 1. The Morgan fingerprint density at radius 2 is 1.76 bits per heavy atom. The Kier molecular flexibility index (Phi) is 4.93. The van der Waals surface area contributed by atoms with E-state index >= 15 is 0 Å². The third kappa shape index (κ3) is 3.65. The van der Waals surface area contributed by atoms with Crippen molar-refractivity contribution in [2.75, 3.05) is 25.3 Å². The Bertz CT molecular complexity index is 1110. The van der Waals surface area contributed by atoms with Gasteiger partial charge in [-0.05, 0) is 35.9 Å². The van der Waals surface area contributed by atoms with Crippen LogP contribution in [-0.2, 0) is 0 Å². The molecule has 0 aliphatic heterocycles. The Balaban J connectivity index is 1.71. The van der Waals surface area contributed by atoms with Crippen molar-refractivity contribution in [3.05, 3.63) is 61.1 Å². The fraction of sp³-hybridized carbons (Fsp3) is 0.100. The number of methoxy groups -OCH3 is 2. The van der Waals surface area contributed by atoms with Crippen LogP contribution < -0.4 is 20.5 Å². The average molecular weight is 389 g/mol. The zero-order chi connectivity index (χ0) is 20.2. The molecule has 0 bridgehead atoms. The molecule has 0 saturated heterocycles. The normalized spacial score (nSPS) is 10.6. The lowest BCUT2D eigenvalue weighted by Crippen LogP contribution is -2.04. The Hall–Kier alpha value is -4.14. The molecule has 9 nitrogen and oxygen atoms in total. The molecule has 4 aromatic rings. The lowest BCUT2D eigenvalue weighted by molar-refractivity contribution is 0.406. The second kappa shape index (κ2) is 7.85. The zero-order valence-electron chi connectivity index (χ0n) is 15.9. The topological polar surface area (TPSA) is 113 Å². The second-order valence-electron chi connectivity index (χ2n) is 6.01. The van der Waals surface area contributed by atoms with Gasteiger partial charge in [0, 0.05) is 30.2 Å². The molecule has 0 aliphatic rings. The maximum atomic E-state index is 6.00. The molecule has 0 spiro atoms. The van der Waals surface area contributed by atoms with Crippen molar-refractivity contribution in [3.63, 3.8) is 0 Å². The van der Waals surface area contributed by atoms with Gasteiger partial charge in [0.25, 0.3) is 0 Å². The van der Waals surface area contributed by atoms with Crippen LogP contribution >= 0.6 is 0 Å². The molecule has 3 N–H and O–H groups in total. The summed E-state index contributed by atoms with van der Waals surface area (Å²) in [6.45, 7) is 0.